The highest BCUT2D eigenvalue weighted by Gasteiger charge is 2.38. The zero-order chi connectivity index (χ0) is 31.5. The summed E-state index contributed by atoms with van der Waals surface area (Å²) in [6.45, 7) is 4.73. The summed E-state index contributed by atoms with van der Waals surface area (Å²) in [5.41, 5.74) is 11.3. The Morgan fingerprint density at radius 2 is 1.32 bits per heavy atom. The van der Waals surface area contributed by atoms with Crippen LogP contribution in [0.2, 0.25) is 0 Å². The van der Waals surface area contributed by atoms with E-state index in [-0.39, 0.29) is 5.41 Å². The van der Waals surface area contributed by atoms with Gasteiger partial charge in [-0.05, 0) is 87.6 Å². The van der Waals surface area contributed by atoms with Crippen molar-refractivity contribution in [3.63, 3.8) is 0 Å². The van der Waals surface area contributed by atoms with Crippen LogP contribution >= 0.6 is 0 Å². The Morgan fingerprint density at radius 1 is 0.574 bits per heavy atom. The molecule has 0 saturated carbocycles. The van der Waals surface area contributed by atoms with E-state index >= 15 is 0 Å². The smallest absolute Gasteiger partial charge is 0.109 e. The van der Waals surface area contributed by atoms with Crippen molar-refractivity contribution in [2.24, 2.45) is 4.36 Å². The second kappa shape index (κ2) is 9.31. The third kappa shape index (κ3) is 3.54. The Hall–Kier alpha value is -5.45. The fourth-order valence-electron chi connectivity index (χ4n) is 8.20. The van der Waals surface area contributed by atoms with Crippen LogP contribution in [0.15, 0.2) is 160 Å². The molecular formula is C43H30N2OS. The second-order valence-electron chi connectivity index (χ2n) is 13.2. The topological polar surface area (TPSA) is 34.4 Å². The molecule has 47 heavy (non-hydrogen) atoms. The van der Waals surface area contributed by atoms with E-state index in [0.717, 1.165) is 37.8 Å². The Bertz CT molecular complexity index is 2760. The molecule has 7 aromatic carbocycles. The highest BCUT2D eigenvalue weighted by molar-refractivity contribution is 7.94. The molecule has 0 saturated heterocycles. The van der Waals surface area contributed by atoms with Crippen molar-refractivity contribution >= 4 is 48.0 Å². The monoisotopic (exact) mass is 622 g/mol. The van der Waals surface area contributed by atoms with Crippen molar-refractivity contribution in [1.82, 2.24) is 4.57 Å². The largest absolute Gasteiger partial charge is 0.309 e. The Balaban J connectivity index is 1.26. The molecule has 0 fully saturated rings. The molecular weight excluding hydrogens is 593 g/mol. The summed E-state index contributed by atoms with van der Waals surface area (Å²) in [7, 11) is -2.87. The van der Waals surface area contributed by atoms with Gasteiger partial charge in [-0.25, -0.2) is 4.21 Å². The summed E-state index contributed by atoms with van der Waals surface area (Å²) in [4.78, 5) is 1.49. The fraction of sp³-hybridized carbons (Fsp3) is 0.0698. The average Bonchev–Trinajstić information content (AvgIpc) is 3.55. The van der Waals surface area contributed by atoms with Gasteiger partial charge in [-0.1, -0.05) is 105 Å². The number of para-hydroxylation sites is 1. The Labute approximate surface area is 273 Å². The summed E-state index contributed by atoms with van der Waals surface area (Å²) in [5.74, 6) is 0. The molecule has 0 bridgehead atoms. The molecule has 1 aromatic heterocycles. The van der Waals surface area contributed by atoms with Crippen LogP contribution in [0.4, 0.5) is 5.69 Å². The Kier molecular flexibility index (Phi) is 5.29. The van der Waals surface area contributed by atoms with Crippen LogP contribution in [0.25, 0.3) is 60.5 Å². The van der Waals surface area contributed by atoms with Crippen LogP contribution < -0.4 is 0 Å². The van der Waals surface area contributed by atoms with Gasteiger partial charge in [-0.3, -0.25) is 0 Å². The molecule has 3 nitrogen and oxygen atoms in total. The summed E-state index contributed by atoms with van der Waals surface area (Å²) in [6, 6.07) is 51.0. The zero-order valence-corrected chi connectivity index (χ0v) is 26.9. The van der Waals surface area contributed by atoms with Gasteiger partial charge in [0.25, 0.3) is 0 Å². The van der Waals surface area contributed by atoms with Gasteiger partial charge in [0.05, 0.1) is 26.5 Å². The van der Waals surface area contributed by atoms with E-state index in [1.165, 1.54) is 49.3 Å². The Morgan fingerprint density at radius 3 is 2.19 bits per heavy atom. The SMILES string of the molecule is CC1(C)c2cc3c(cc2-c2ccc4ccccc4c21)c1ccccc1n3-c1ccc2c(c1)-c1ccccc1N=S2(=O)c1ccccc1. The fourth-order valence-corrected chi connectivity index (χ4v) is 10.3. The first-order valence-corrected chi connectivity index (χ1v) is 17.6. The van der Waals surface area contributed by atoms with Crippen molar-refractivity contribution in [2.45, 2.75) is 29.1 Å². The third-order valence-electron chi connectivity index (χ3n) is 10.3. The van der Waals surface area contributed by atoms with Gasteiger partial charge in [0.15, 0.2) is 0 Å². The predicted octanol–water partition coefficient (Wildman–Crippen LogP) is 11.4. The number of nitrogens with zero attached hydrogens (tertiary/aromatic N) is 2. The molecule has 2 aliphatic rings. The van der Waals surface area contributed by atoms with Crippen LogP contribution in [0.5, 0.6) is 0 Å². The van der Waals surface area contributed by atoms with E-state index in [4.69, 9.17) is 4.36 Å². The quantitative estimate of drug-likeness (QED) is 0.189. The number of benzene rings is 7. The molecule has 224 valence electrons. The number of aromatic nitrogens is 1. The van der Waals surface area contributed by atoms with Gasteiger partial charge >= 0.3 is 0 Å². The van der Waals surface area contributed by atoms with Gasteiger partial charge in [-0.2, -0.15) is 4.36 Å². The van der Waals surface area contributed by atoms with Gasteiger partial charge in [-0.15, -0.1) is 0 Å². The zero-order valence-electron chi connectivity index (χ0n) is 26.1. The molecule has 1 atom stereocenters. The van der Waals surface area contributed by atoms with E-state index in [1.807, 2.05) is 54.6 Å². The highest BCUT2D eigenvalue weighted by Crippen LogP contribution is 2.53. The second-order valence-corrected chi connectivity index (χ2v) is 15.4. The lowest BCUT2D eigenvalue weighted by Crippen LogP contribution is -2.15. The van der Waals surface area contributed by atoms with Crippen LogP contribution in [0.1, 0.15) is 25.0 Å². The van der Waals surface area contributed by atoms with Crippen LogP contribution in [-0.2, 0) is 15.1 Å². The summed E-state index contributed by atoms with van der Waals surface area (Å²) in [5, 5.41) is 5.06. The molecule has 8 aromatic rings. The van der Waals surface area contributed by atoms with E-state index in [2.05, 4.69) is 109 Å². The molecule has 0 radical (unpaired) electrons. The molecule has 1 aliphatic heterocycles. The first-order valence-electron chi connectivity index (χ1n) is 16.1. The highest BCUT2D eigenvalue weighted by atomic mass is 32.2. The first kappa shape index (κ1) is 26.7. The maximum atomic E-state index is 14.8. The predicted molar refractivity (Wildman–Crippen MR) is 194 cm³/mol. The molecule has 10 rings (SSSR count). The number of hydrogen-bond donors (Lipinski definition) is 0. The van der Waals surface area contributed by atoms with Crippen molar-refractivity contribution in [2.75, 3.05) is 0 Å². The molecule has 0 spiro atoms. The lowest BCUT2D eigenvalue weighted by molar-refractivity contribution is 0.667. The summed E-state index contributed by atoms with van der Waals surface area (Å²) < 4.78 is 22.1. The molecule has 0 amide bonds. The molecule has 1 aliphatic carbocycles. The lowest BCUT2D eigenvalue weighted by atomic mass is 9.80. The minimum Gasteiger partial charge on any atom is -0.309 e. The lowest BCUT2D eigenvalue weighted by Gasteiger charge is -2.24. The van der Waals surface area contributed by atoms with Crippen molar-refractivity contribution < 1.29 is 4.21 Å². The third-order valence-corrected chi connectivity index (χ3v) is 12.6. The van der Waals surface area contributed by atoms with Crippen LogP contribution in [0.3, 0.4) is 0 Å². The average molecular weight is 623 g/mol. The van der Waals surface area contributed by atoms with Crippen molar-refractivity contribution in [3.8, 4) is 27.9 Å². The normalized spacial score (nSPS) is 17.2. The first-order chi connectivity index (χ1) is 22.9. The van der Waals surface area contributed by atoms with Gasteiger partial charge in [0, 0.05) is 33.0 Å². The standard InChI is InChI=1S/C43H30N2OS/c1-43(2)37-26-40-35(25-34(37)33-22-20-27-12-6-7-15-30(27)42(33)43)32-17-9-11-19-39(32)45(40)28-21-23-41-36(24-28)31-16-8-10-18-38(31)44-47(41,46)29-13-4-3-5-14-29/h3-26H,1-2H3. The van der Waals surface area contributed by atoms with Gasteiger partial charge in [0.1, 0.15) is 9.73 Å². The summed E-state index contributed by atoms with van der Waals surface area (Å²) in [6.07, 6.45) is 0. The van der Waals surface area contributed by atoms with E-state index in [0.29, 0.717) is 0 Å². The molecule has 2 heterocycles. The minimum absolute atomic E-state index is 0.168. The van der Waals surface area contributed by atoms with E-state index < -0.39 is 9.73 Å². The molecule has 4 heteroatoms. The number of rotatable bonds is 2. The number of hydrogen-bond acceptors (Lipinski definition) is 2. The van der Waals surface area contributed by atoms with Gasteiger partial charge in [0.2, 0.25) is 0 Å². The van der Waals surface area contributed by atoms with E-state index in [9.17, 15) is 4.21 Å². The number of fused-ring (bicyclic) bond motifs is 11. The van der Waals surface area contributed by atoms with Crippen molar-refractivity contribution in [3.05, 3.63) is 157 Å². The van der Waals surface area contributed by atoms with Crippen molar-refractivity contribution in [1.29, 1.82) is 0 Å². The molecule has 0 N–H and O–H groups in total. The van der Waals surface area contributed by atoms with Gasteiger partial charge < -0.3 is 4.57 Å². The van der Waals surface area contributed by atoms with Crippen LogP contribution in [-0.4, -0.2) is 8.78 Å². The van der Waals surface area contributed by atoms with Crippen LogP contribution in [0, 0.1) is 0 Å². The van der Waals surface area contributed by atoms with E-state index in [1.54, 1.807) is 0 Å². The maximum Gasteiger partial charge on any atom is 0.109 e. The minimum atomic E-state index is -2.87. The molecule has 1 unspecified atom stereocenters. The maximum absolute atomic E-state index is 14.8. The summed E-state index contributed by atoms with van der Waals surface area (Å²) >= 11 is 0.